The van der Waals surface area contributed by atoms with Gasteiger partial charge < -0.3 is 14.2 Å². The Labute approximate surface area is 172 Å². The molecule has 0 saturated heterocycles. The van der Waals surface area contributed by atoms with E-state index in [1.54, 1.807) is 14.0 Å². The van der Waals surface area contributed by atoms with Crippen molar-refractivity contribution in [3.8, 4) is 5.75 Å². The zero-order chi connectivity index (χ0) is 19.9. The maximum absolute atomic E-state index is 11.8. The van der Waals surface area contributed by atoms with E-state index in [1.807, 2.05) is 47.1 Å². The highest BCUT2D eigenvalue weighted by Crippen LogP contribution is 2.26. The third-order valence-corrected chi connectivity index (χ3v) is 4.77. The summed E-state index contributed by atoms with van der Waals surface area (Å²) in [5.41, 5.74) is 2.65. The molecule has 0 amide bonds. The summed E-state index contributed by atoms with van der Waals surface area (Å²) in [7, 11) is 1.67. The van der Waals surface area contributed by atoms with Crippen molar-refractivity contribution < 1.29 is 19.0 Å². The van der Waals surface area contributed by atoms with Gasteiger partial charge in [-0.1, -0.05) is 34.1 Å². The van der Waals surface area contributed by atoms with E-state index in [1.165, 1.54) is 0 Å². The van der Waals surface area contributed by atoms with Crippen LogP contribution in [0.3, 0.4) is 0 Å². The van der Waals surface area contributed by atoms with Crippen molar-refractivity contribution in [2.75, 3.05) is 20.3 Å². The number of para-hydroxylation sites is 1. The SMILES string of the molecule is CCOC(=O)Cc1ccccc1OCc1nn(CCOC)c2ccc(Br)cc12. The molecular formula is C21H23BrN2O4. The van der Waals surface area contributed by atoms with Crippen molar-refractivity contribution in [2.24, 2.45) is 0 Å². The number of hydrogen-bond acceptors (Lipinski definition) is 5. The Kier molecular flexibility index (Phi) is 7.06. The number of benzene rings is 2. The zero-order valence-corrected chi connectivity index (χ0v) is 17.6. The molecule has 3 rings (SSSR count). The first-order chi connectivity index (χ1) is 13.6. The second kappa shape index (κ2) is 9.71. The van der Waals surface area contributed by atoms with Crippen molar-refractivity contribution in [1.82, 2.24) is 9.78 Å². The highest BCUT2D eigenvalue weighted by molar-refractivity contribution is 9.10. The van der Waals surface area contributed by atoms with Crippen molar-refractivity contribution >= 4 is 32.8 Å². The fraction of sp³-hybridized carbons (Fsp3) is 0.333. The predicted octanol–water partition coefficient (Wildman–Crippen LogP) is 4.13. The fourth-order valence-electron chi connectivity index (χ4n) is 2.98. The molecule has 0 aliphatic rings. The average Bonchev–Trinajstić information content (AvgIpc) is 3.02. The van der Waals surface area contributed by atoms with E-state index in [0.717, 1.165) is 26.6 Å². The summed E-state index contributed by atoms with van der Waals surface area (Å²) >= 11 is 3.52. The maximum Gasteiger partial charge on any atom is 0.310 e. The molecule has 6 nitrogen and oxygen atoms in total. The molecule has 3 aromatic rings. The molecule has 7 heteroatoms. The summed E-state index contributed by atoms with van der Waals surface area (Å²) in [5.74, 6) is 0.391. The molecule has 1 aromatic heterocycles. The van der Waals surface area contributed by atoms with Crippen molar-refractivity contribution in [3.05, 3.63) is 58.2 Å². The van der Waals surface area contributed by atoms with Gasteiger partial charge in [0.15, 0.2) is 0 Å². The number of esters is 1. The minimum atomic E-state index is -0.267. The Hall–Kier alpha value is -2.38. The first kappa shape index (κ1) is 20.4. The van der Waals surface area contributed by atoms with Gasteiger partial charge in [0, 0.05) is 22.5 Å². The summed E-state index contributed by atoms with van der Waals surface area (Å²) in [6.07, 6.45) is 0.179. The molecule has 0 atom stereocenters. The van der Waals surface area contributed by atoms with Gasteiger partial charge in [0.2, 0.25) is 0 Å². The molecule has 148 valence electrons. The topological polar surface area (TPSA) is 62.6 Å². The number of carbonyl (C=O) groups excluding carboxylic acids is 1. The first-order valence-corrected chi connectivity index (χ1v) is 9.92. The molecule has 2 aromatic carbocycles. The number of ether oxygens (including phenoxy) is 3. The Morgan fingerprint density at radius 2 is 2.04 bits per heavy atom. The number of nitrogens with zero attached hydrogens (tertiary/aromatic N) is 2. The van der Waals surface area contributed by atoms with Crippen LogP contribution in [0.1, 0.15) is 18.2 Å². The molecule has 0 radical (unpaired) electrons. The summed E-state index contributed by atoms with van der Waals surface area (Å²) in [6.45, 7) is 3.70. The van der Waals surface area contributed by atoms with Gasteiger partial charge in [-0.3, -0.25) is 9.48 Å². The van der Waals surface area contributed by atoms with E-state index in [4.69, 9.17) is 19.3 Å². The van der Waals surface area contributed by atoms with Crippen molar-refractivity contribution in [2.45, 2.75) is 26.5 Å². The summed E-state index contributed by atoms with van der Waals surface area (Å²) in [5, 5.41) is 5.72. The lowest BCUT2D eigenvalue weighted by molar-refractivity contribution is -0.142. The number of aromatic nitrogens is 2. The van der Waals surface area contributed by atoms with Gasteiger partial charge in [-0.05, 0) is 31.2 Å². The summed E-state index contributed by atoms with van der Waals surface area (Å²) < 4.78 is 19.2. The minimum Gasteiger partial charge on any atom is -0.487 e. The van der Waals surface area contributed by atoms with E-state index in [9.17, 15) is 4.79 Å². The Balaban J connectivity index is 1.82. The molecule has 1 heterocycles. The van der Waals surface area contributed by atoms with E-state index in [-0.39, 0.29) is 12.4 Å². The van der Waals surface area contributed by atoms with Gasteiger partial charge in [-0.25, -0.2) is 0 Å². The van der Waals surface area contributed by atoms with Crippen LogP contribution in [0.5, 0.6) is 5.75 Å². The third-order valence-electron chi connectivity index (χ3n) is 4.27. The molecule has 0 bridgehead atoms. The quantitative estimate of drug-likeness (QED) is 0.462. The number of halogens is 1. The second-order valence-corrected chi connectivity index (χ2v) is 7.12. The molecule has 0 saturated carbocycles. The van der Waals surface area contributed by atoms with E-state index < -0.39 is 0 Å². The second-order valence-electron chi connectivity index (χ2n) is 6.20. The van der Waals surface area contributed by atoms with Crippen LogP contribution in [0.4, 0.5) is 0 Å². The molecule has 0 aliphatic carbocycles. The third kappa shape index (κ3) is 4.91. The number of hydrogen-bond donors (Lipinski definition) is 0. The zero-order valence-electron chi connectivity index (χ0n) is 16.0. The smallest absolute Gasteiger partial charge is 0.310 e. The normalized spacial score (nSPS) is 11.0. The molecule has 0 spiro atoms. The number of fused-ring (bicyclic) bond motifs is 1. The predicted molar refractivity (Wildman–Crippen MR) is 110 cm³/mol. The molecule has 28 heavy (non-hydrogen) atoms. The van der Waals surface area contributed by atoms with E-state index in [2.05, 4.69) is 15.9 Å². The van der Waals surface area contributed by atoms with Crippen LogP contribution in [-0.4, -0.2) is 36.1 Å². The molecule has 0 aliphatic heterocycles. The highest BCUT2D eigenvalue weighted by Gasteiger charge is 2.14. The Bertz CT molecular complexity index is 955. The molecule has 0 fully saturated rings. The number of rotatable bonds is 9. The van der Waals surface area contributed by atoms with E-state index >= 15 is 0 Å². The summed E-state index contributed by atoms with van der Waals surface area (Å²) in [4.78, 5) is 11.8. The van der Waals surface area contributed by atoms with Gasteiger partial charge in [0.05, 0.1) is 31.7 Å². The van der Waals surface area contributed by atoms with Gasteiger partial charge in [-0.15, -0.1) is 0 Å². The average molecular weight is 447 g/mol. The lowest BCUT2D eigenvalue weighted by Gasteiger charge is -2.10. The van der Waals surface area contributed by atoms with E-state index in [0.29, 0.717) is 32.1 Å². The molecule has 0 unspecified atom stereocenters. The van der Waals surface area contributed by atoms with Crippen LogP contribution in [0.15, 0.2) is 46.9 Å². The monoisotopic (exact) mass is 446 g/mol. The lowest BCUT2D eigenvalue weighted by atomic mass is 10.1. The largest absolute Gasteiger partial charge is 0.487 e. The lowest BCUT2D eigenvalue weighted by Crippen LogP contribution is -2.09. The van der Waals surface area contributed by atoms with Crippen LogP contribution < -0.4 is 4.74 Å². The molecule has 0 N–H and O–H groups in total. The van der Waals surface area contributed by atoms with Crippen LogP contribution in [0.2, 0.25) is 0 Å². The molecular weight excluding hydrogens is 424 g/mol. The first-order valence-electron chi connectivity index (χ1n) is 9.12. The van der Waals surface area contributed by atoms with Crippen molar-refractivity contribution in [1.29, 1.82) is 0 Å². The number of carbonyl (C=O) groups is 1. The fourth-order valence-corrected chi connectivity index (χ4v) is 3.34. The van der Waals surface area contributed by atoms with Crippen LogP contribution >= 0.6 is 15.9 Å². The summed E-state index contributed by atoms with van der Waals surface area (Å²) in [6, 6.07) is 13.6. The maximum atomic E-state index is 11.8. The van der Waals surface area contributed by atoms with Gasteiger partial charge in [-0.2, -0.15) is 5.10 Å². The van der Waals surface area contributed by atoms with Gasteiger partial charge in [0.25, 0.3) is 0 Å². The Morgan fingerprint density at radius 1 is 1.21 bits per heavy atom. The standard InChI is InChI=1S/C21H23BrN2O4/c1-3-27-21(25)12-15-6-4-5-7-20(15)28-14-18-17-13-16(22)8-9-19(17)24(23-18)10-11-26-2/h4-9,13H,3,10-12,14H2,1-2H3. The minimum absolute atomic E-state index is 0.179. The van der Waals surface area contributed by atoms with Crippen LogP contribution in [-0.2, 0) is 33.8 Å². The van der Waals surface area contributed by atoms with Gasteiger partial charge in [0.1, 0.15) is 18.1 Å². The highest BCUT2D eigenvalue weighted by atomic mass is 79.9. The van der Waals surface area contributed by atoms with Crippen molar-refractivity contribution in [3.63, 3.8) is 0 Å². The number of methoxy groups -OCH3 is 1. The van der Waals surface area contributed by atoms with Gasteiger partial charge >= 0.3 is 5.97 Å². The van der Waals surface area contributed by atoms with Crippen LogP contribution in [0.25, 0.3) is 10.9 Å². The Morgan fingerprint density at radius 3 is 2.82 bits per heavy atom. The van der Waals surface area contributed by atoms with Crippen LogP contribution in [0, 0.1) is 0 Å².